The van der Waals surface area contributed by atoms with Crippen LogP contribution in [0.1, 0.15) is 35.5 Å². The maximum absolute atomic E-state index is 12.5. The van der Waals surface area contributed by atoms with Crippen LogP contribution in [0, 0.1) is 0 Å². The van der Waals surface area contributed by atoms with Crippen molar-refractivity contribution in [3.05, 3.63) is 63.3 Å². The van der Waals surface area contributed by atoms with Crippen molar-refractivity contribution in [3.8, 4) is 10.6 Å². The Bertz CT molecular complexity index is 838. The zero-order valence-electron chi connectivity index (χ0n) is 15.1. The van der Waals surface area contributed by atoms with Gasteiger partial charge in [0.1, 0.15) is 10.7 Å². The minimum atomic E-state index is -0.125. The first-order valence-corrected chi connectivity index (χ1v) is 10.6. The summed E-state index contributed by atoms with van der Waals surface area (Å²) in [5.41, 5.74) is 3.97. The number of hydrogen-bond donors (Lipinski definition) is 1. The van der Waals surface area contributed by atoms with Gasteiger partial charge >= 0.3 is 0 Å². The number of rotatable bonds is 8. The van der Waals surface area contributed by atoms with Gasteiger partial charge in [0, 0.05) is 29.4 Å². The summed E-state index contributed by atoms with van der Waals surface area (Å²) in [6, 6.07) is 10.3. The molecule has 0 atom stereocenters. The van der Waals surface area contributed by atoms with Crippen LogP contribution < -0.4 is 5.32 Å². The highest BCUT2D eigenvalue weighted by atomic mass is 32.1. The standard InChI is InChI=1S/C20H23N3OS2/c1-3-23(4-2)12-16-8-6-5-7-15(16)11-21-19(24)18-14-26-20(22-18)17-9-10-25-13-17/h5-10,13-14H,3-4,11-12H2,1-2H3,(H,21,24). The molecule has 2 aromatic heterocycles. The van der Waals surface area contributed by atoms with Gasteiger partial charge in [0.2, 0.25) is 0 Å². The lowest BCUT2D eigenvalue weighted by Crippen LogP contribution is -2.26. The van der Waals surface area contributed by atoms with E-state index in [9.17, 15) is 4.79 Å². The Balaban J connectivity index is 1.65. The van der Waals surface area contributed by atoms with Crippen molar-refractivity contribution < 1.29 is 4.79 Å². The van der Waals surface area contributed by atoms with Crippen LogP contribution in [-0.4, -0.2) is 28.9 Å². The fourth-order valence-corrected chi connectivity index (χ4v) is 4.25. The van der Waals surface area contributed by atoms with Gasteiger partial charge in [-0.3, -0.25) is 9.69 Å². The molecule has 26 heavy (non-hydrogen) atoms. The van der Waals surface area contributed by atoms with Crippen LogP contribution >= 0.6 is 22.7 Å². The Morgan fingerprint density at radius 1 is 1.12 bits per heavy atom. The molecule has 4 nitrogen and oxygen atoms in total. The summed E-state index contributed by atoms with van der Waals surface area (Å²) in [4.78, 5) is 19.3. The molecule has 3 aromatic rings. The number of nitrogens with zero attached hydrogens (tertiary/aromatic N) is 2. The predicted molar refractivity (Wildman–Crippen MR) is 110 cm³/mol. The first kappa shape index (κ1) is 18.8. The number of benzene rings is 1. The number of carbonyl (C=O) groups excluding carboxylic acids is 1. The van der Waals surface area contributed by atoms with E-state index in [0.29, 0.717) is 12.2 Å². The highest BCUT2D eigenvalue weighted by molar-refractivity contribution is 7.14. The van der Waals surface area contributed by atoms with Gasteiger partial charge < -0.3 is 5.32 Å². The number of aromatic nitrogens is 1. The molecule has 1 aromatic carbocycles. The average molecular weight is 386 g/mol. The van der Waals surface area contributed by atoms with E-state index in [2.05, 4.69) is 47.2 Å². The molecule has 0 bridgehead atoms. The van der Waals surface area contributed by atoms with Crippen molar-refractivity contribution in [1.82, 2.24) is 15.2 Å². The van der Waals surface area contributed by atoms with Gasteiger partial charge in [0.05, 0.1) is 0 Å². The Hall–Kier alpha value is -2.02. The molecule has 0 spiro atoms. The molecule has 0 fully saturated rings. The van der Waals surface area contributed by atoms with Gasteiger partial charge in [0.15, 0.2) is 0 Å². The van der Waals surface area contributed by atoms with E-state index in [0.717, 1.165) is 35.8 Å². The molecule has 0 aliphatic heterocycles. The molecular weight excluding hydrogens is 362 g/mol. The molecule has 0 aliphatic carbocycles. The van der Waals surface area contributed by atoms with Crippen LogP contribution in [0.5, 0.6) is 0 Å². The summed E-state index contributed by atoms with van der Waals surface area (Å²) in [6.07, 6.45) is 0. The van der Waals surface area contributed by atoms with E-state index in [1.165, 1.54) is 16.9 Å². The van der Waals surface area contributed by atoms with Gasteiger partial charge in [-0.05, 0) is 35.7 Å². The molecule has 0 saturated heterocycles. The Labute approximate surface area is 162 Å². The Morgan fingerprint density at radius 3 is 2.58 bits per heavy atom. The number of amides is 1. The summed E-state index contributed by atoms with van der Waals surface area (Å²) in [5.74, 6) is -0.125. The maximum atomic E-state index is 12.5. The van der Waals surface area contributed by atoms with Gasteiger partial charge in [0.25, 0.3) is 5.91 Å². The van der Waals surface area contributed by atoms with Crippen LogP contribution in [0.25, 0.3) is 10.6 Å². The molecule has 1 amide bonds. The molecule has 0 radical (unpaired) electrons. The van der Waals surface area contributed by atoms with E-state index < -0.39 is 0 Å². The first-order chi connectivity index (χ1) is 12.7. The number of hydrogen-bond acceptors (Lipinski definition) is 5. The number of thiazole rings is 1. The molecule has 6 heteroatoms. The van der Waals surface area contributed by atoms with Crippen molar-refractivity contribution in [2.75, 3.05) is 13.1 Å². The summed E-state index contributed by atoms with van der Waals surface area (Å²) >= 11 is 3.13. The molecule has 0 unspecified atom stereocenters. The van der Waals surface area contributed by atoms with Gasteiger partial charge in [-0.2, -0.15) is 11.3 Å². The SMILES string of the molecule is CCN(CC)Cc1ccccc1CNC(=O)c1csc(-c2ccsc2)n1. The third-order valence-electron chi connectivity index (χ3n) is 4.35. The van der Waals surface area contributed by atoms with Crippen LogP contribution in [0.15, 0.2) is 46.5 Å². The first-order valence-electron chi connectivity index (χ1n) is 8.76. The molecule has 3 rings (SSSR count). The largest absolute Gasteiger partial charge is 0.347 e. The van der Waals surface area contributed by atoms with E-state index in [-0.39, 0.29) is 5.91 Å². The monoisotopic (exact) mass is 385 g/mol. The lowest BCUT2D eigenvalue weighted by molar-refractivity contribution is 0.0946. The molecule has 1 N–H and O–H groups in total. The smallest absolute Gasteiger partial charge is 0.271 e. The number of nitrogens with one attached hydrogen (secondary N) is 1. The van der Waals surface area contributed by atoms with Gasteiger partial charge in [-0.25, -0.2) is 4.98 Å². The summed E-state index contributed by atoms with van der Waals surface area (Å²) < 4.78 is 0. The van der Waals surface area contributed by atoms with Crippen molar-refractivity contribution in [1.29, 1.82) is 0 Å². The second-order valence-corrected chi connectivity index (χ2v) is 7.60. The molecule has 2 heterocycles. The van der Waals surface area contributed by atoms with Crippen LogP contribution in [0.3, 0.4) is 0 Å². The Morgan fingerprint density at radius 2 is 1.88 bits per heavy atom. The second kappa shape index (κ2) is 9.07. The minimum Gasteiger partial charge on any atom is -0.347 e. The summed E-state index contributed by atoms with van der Waals surface area (Å²) in [7, 11) is 0. The van der Waals surface area contributed by atoms with E-state index in [1.807, 2.05) is 28.3 Å². The minimum absolute atomic E-state index is 0.125. The predicted octanol–water partition coefficient (Wildman–Crippen LogP) is 4.64. The van der Waals surface area contributed by atoms with Crippen molar-refractivity contribution >= 4 is 28.6 Å². The summed E-state index contributed by atoms with van der Waals surface area (Å²) in [5, 5.41) is 9.79. The van der Waals surface area contributed by atoms with Crippen LogP contribution in [0.4, 0.5) is 0 Å². The molecule has 0 saturated carbocycles. The van der Waals surface area contributed by atoms with Crippen LogP contribution in [0.2, 0.25) is 0 Å². The van der Waals surface area contributed by atoms with Crippen molar-refractivity contribution in [2.24, 2.45) is 0 Å². The highest BCUT2D eigenvalue weighted by Crippen LogP contribution is 2.25. The van der Waals surface area contributed by atoms with Crippen molar-refractivity contribution in [3.63, 3.8) is 0 Å². The quantitative estimate of drug-likeness (QED) is 0.614. The van der Waals surface area contributed by atoms with Gasteiger partial charge in [-0.15, -0.1) is 11.3 Å². The normalized spacial score (nSPS) is 11.0. The zero-order valence-corrected chi connectivity index (χ0v) is 16.7. The van der Waals surface area contributed by atoms with E-state index in [1.54, 1.807) is 11.3 Å². The second-order valence-electron chi connectivity index (χ2n) is 5.96. The third-order valence-corrected chi connectivity index (χ3v) is 5.93. The average Bonchev–Trinajstić information content (AvgIpc) is 3.36. The fourth-order valence-electron chi connectivity index (χ4n) is 2.74. The van der Waals surface area contributed by atoms with E-state index >= 15 is 0 Å². The van der Waals surface area contributed by atoms with E-state index in [4.69, 9.17) is 0 Å². The molecular formula is C20H23N3OS2. The number of carbonyl (C=O) groups is 1. The molecule has 136 valence electrons. The zero-order chi connectivity index (χ0) is 18.4. The maximum Gasteiger partial charge on any atom is 0.271 e. The molecule has 0 aliphatic rings. The Kier molecular flexibility index (Phi) is 6.55. The number of thiophene rings is 1. The van der Waals surface area contributed by atoms with Gasteiger partial charge in [-0.1, -0.05) is 38.1 Å². The van der Waals surface area contributed by atoms with Crippen LogP contribution in [-0.2, 0) is 13.1 Å². The topological polar surface area (TPSA) is 45.2 Å². The lowest BCUT2D eigenvalue weighted by atomic mass is 10.1. The lowest BCUT2D eigenvalue weighted by Gasteiger charge is -2.20. The third kappa shape index (κ3) is 4.58. The van der Waals surface area contributed by atoms with Crippen molar-refractivity contribution in [2.45, 2.75) is 26.9 Å². The highest BCUT2D eigenvalue weighted by Gasteiger charge is 2.13. The fraction of sp³-hybridized carbons (Fsp3) is 0.300. The summed E-state index contributed by atoms with van der Waals surface area (Å²) in [6.45, 7) is 7.78.